The minimum Gasteiger partial charge on any atom is -0.480 e. The van der Waals surface area contributed by atoms with E-state index in [1.165, 1.54) is 13.3 Å². The second kappa shape index (κ2) is 5.61. The first-order chi connectivity index (χ1) is 9.13. The van der Waals surface area contributed by atoms with Gasteiger partial charge in [-0.1, -0.05) is 0 Å². The molecule has 1 aromatic rings. The Balaban J connectivity index is 2.29. The Morgan fingerprint density at radius 3 is 3.05 bits per heavy atom. The third-order valence-corrected chi connectivity index (χ3v) is 2.83. The van der Waals surface area contributed by atoms with Gasteiger partial charge in [-0.3, -0.25) is 0 Å². The van der Waals surface area contributed by atoms with Gasteiger partial charge in [-0.2, -0.15) is 0 Å². The number of piperazine rings is 1. The van der Waals surface area contributed by atoms with Crippen LogP contribution in [0.1, 0.15) is 10.6 Å². The van der Waals surface area contributed by atoms with E-state index < -0.39 is 18.0 Å². The number of anilines is 1. The minimum absolute atomic E-state index is 0.0809. The van der Waals surface area contributed by atoms with Crippen molar-refractivity contribution in [3.8, 4) is 0 Å². The molecule has 0 amide bonds. The predicted molar refractivity (Wildman–Crippen MR) is 65.0 cm³/mol. The number of hydrogen-bond acceptors (Lipinski definition) is 7. The SMILES string of the molecule is COC(=O)c1nccc(N2CCNCC2C(=O)O)n1. The van der Waals surface area contributed by atoms with Crippen LogP contribution < -0.4 is 10.2 Å². The fraction of sp³-hybridized carbons (Fsp3) is 0.455. The number of nitrogens with zero attached hydrogens (tertiary/aromatic N) is 3. The molecule has 19 heavy (non-hydrogen) atoms. The molecule has 1 aromatic heterocycles. The Morgan fingerprint density at radius 1 is 1.58 bits per heavy atom. The lowest BCUT2D eigenvalue weighted by molar-refractivity contribution is -0.138. The van der Waals surface area contributed by atoms with Crippen LogP contribution in [0.2, 0.25) is 0 Å². The first-order valence-corrected chi connectivity index (χ1v) is 5.75. The smallest absolute Gasteiger partial charge is 0.376 e. The number of ether oxygens (including phenoxy) is 1. The van der Waals surface area contributed by atoms with Crippen molar-refractivity contribution < 1.29 is 19.4 Å². The molecular formula is C11H14N4O4. The maximum absolute atomic E-state index is 11.4. The van der Waals surface area contributed by atoms with Crippen LogP contribution in [-0.4, -0.2) is 59.8 Å². The van der Waals surface area contributed by atoms with Crippen LogP contribution in [0.5, 0.6) is 0 Å². The van der Waals surface area contributed by atoms with E-state index in [9.17, 15) is 14.7 Å². The second-order valence-electron chi connectivity index (χ2n) is 3.98. The van der Waals surface area contributed by atoms with Crippen molar-refractivity contribution in [2.45, 2.75) is 6.04 Å². The number of carboxylic acid groups (broad SMARTS) is 1. The number of carboxylic acids is 1. The largest absolute Gasteiger partial charge is 0.480 e. The number of nitrogens with one attached hydrogen (secondary N) is 1. The molecule has 2 heterocycles. The third-order valence-electron chi connectivity index (χ3n) is 2.83. The molecule has 1 fully saturated rings. The number of aliphatic carboxylic acids is 1. The lowest BCUT2D eigenvalue weighted by Crippen LogP contribution is -2.55. The van der Waals surface area contributed by atoms with E-state index in [-0.39, 0.29) is 5.82 Å². The van der Waals surface area contributed by atoms with Gasteiger partial charge < -0.3 is 20.1 Å². The highest BCUT2D eigenvalue weighted by atomic mass is 16.5. The van der Waals surface area contributed by atoms with Crippen molar-refractivity contribution in [2.24, 2.45) is 0 Å². The van der Waals surface area contributed by atoms with Crippen LogP contribution in [0.25, 0.3) is 0 Å². The summed E-state index contributed by atoms with van der Waals surface area (Å²) < 4.78 is 4.54. The van der Waals surface area contributed by atoms with Gasteiger partial charge in [0.05, 0.1) is 7.11 Å². The maximum atomic E-state index is 11.4. The van der Waals surface area contributed by atoms with E-state index in [1.54, 1.807) is 11.0 Å². The fourth-order valence-corrected chi connectivity index (χ4v) is 1.90. The Hall–Kier alpha value is -2.22. The summed E-state index contributed by atoms with van der Waals surface area (Å²) in [5.74, 6) is -1.26. The van der Waals surface area contributed by atoms with Gasteiger partial charge >= 0.3 is 11.9 Å². The number of rotatable bonds is 3. The molecule has 0 radical (unpaired) electrons. The van der Waals surface area contributed by atoms with Crippen molar-refractivity contribution >= 4 is 17.8 Å². The highest BCUT2D eigenvalue weighted by Crippen LogP contribution is 2.15. The summed E-state index contributed by atoms with van der Waals surface area (Å²) in [5, 5.41) is 12.2. The third kappa shape index (κ3) is 2.79. The van der Waals surface area contributed by atoms with Gasteiger partial charge in [0.25, 0.3) is 0 Å². The summed E-state index contributed by atoms with van der Waals surface area (Å²) in [5.41, 5.74) is 0. The zero-order valence-corrected chi connectivity index (χ0v) is 10.4. The second-order valence-corrected chi connectivity index (χ2v) is 3.98. The Kier molecular flexibility index (Phi) is 3.91. The molecule has 0 aromatic carbocycles. The number of carbonyl (C=O) groups excluding carboxylic acids is 1. The predicted octanol–water partition coefficient (Wildman–Crippen LogP) is -0.874. The standard InChI is InChI=1S/C11H14N4O4/c1-19-11(18)9-13-3-2-8(14-9)15-5-4-12-6-7(15)10(16)17/h2-3,7,12H,4-6H2,1H3,(H,16,17). The fourth-order valence-electron chi connectivity index (χ4n) is 1.90. The molecule has 8 nitrogen and oxygen atoms in total. The normalized spacial score (nSPS) is 19.0. The van der Waals surface area contributed by atoms with Crippen molar-refractivity contribution in [3.05, 3.63) is 18.1 Å². The Bertz CT molecular complexity index is 493. The van der Waals surface area contributed by atoms with Crippen LogP contribution in [-0.2, 0) is 9.53 Å². The molecule has 1 saturated heterocycles. The molecule has 2 N–H and O–H groups in total. The van der Waals surface area contributed by atoms with Gasteiger partial charge in [-0.05, 0) is 6.07 Å². The van der Waals surface area contributed by atoms with Gasteiger partial charge in [-0.25, -0.2) is 19.6 Å². The molecular weight excluding hydrogens is 252 g/mol. The number of aromatic nitrogens is 2. The molecule has 0 aliphatic carbocycles. The molecule has 8 heteroatoms. The minimum atomic E-state index is -0.939. The van der Waals surface area contributed by atoms with Crippen molar-refractivity contribution in [2.75, 3.05) is 31.6 Å². The lowest BCUT2D eigenvalue weighted by Gasteiger charge is -2.34. The van der Waals surface area contributed by atoms with E-state index >= 15 is 0 Å². The molecule has 1 unspecified atom stereocenters. The average molecular weight is 266 g/mol. The van der Waals surface area contributed by atoms with Gasteiger partial charge in [0.15, 0.2) is 0 Å². The van der Waals surface area contributed by atoms with Crippen LogP contribution in [0.4, 0.5) is 5.82 Å². The summed E-state index contributed by atoms with van der Waals surface area (Å²) >= 11 is 0. The summed E-state index contributed by atoms with van der Waals surface area (Å²) in [7, 11) is 1.24. The van der Waals surface area contributed by atoms with E-state index in [0.717, 1.165) is 0 Å². The van der Waals surface area contributed by atoms with Crippen molar-refractivity contribution in [1.29, 1.82) is 0 Å². The van der Waals surface area contributed by atoms with Crippen molar-refractivity contribution in [3.63, 3.8) is 0 Å². The van der Waals surface area contributed by atoms with Crippen molar-refractivity contribution in [1.82, 2.24) is 15.3 Å². The molecule has 0 spiro atoms. The van der Waals surface area contributed by atoms with E-state index in [1.807, 2.05) is 0 Å². The molecule has 1 aliphatic heterocycles. The first-order valence-electron chi connectivity index (χ1n) is 5.75. The maximum Gasteiger partial charge on any atom is 0.376 e. The monoisotopic (exact) mass is 266 g/mol. The van der Waals surface area contributed by atoms with Crippen LogP contribution >= 0.6 is 0 Å². The molecule has 0 bridgehead atoms. The quantitative estimate of drug-likeness (QED) is 0.680. The van der Waals surface area contributed by atoms with Crippen LogP contribution in [0, 0.1) is 0 Å². The number of esters is 1. The molecule has 1 atom stereocenters. The summed E-state index contributed by atoms with van der Waals surface area (Å²) in [6.07, 6.45) is 1.41. The van der Waals surface area contributed by atoms with Gasteiger partial charge in [0.2, 0.25) is 5.82 Å². The summed E-state index contributed by atoms with van der Waals surface area (Å²) in [6, 6.07) is 0.863. The van der Waals surface area contributed by atoms with E-state index in [4.69, 9.17) is 0 Å². The van der Waals surface area contributed by atoms with E-state index in [2.05, 4.69) is 20.0 Å². The van der Waals surface area contributed by atoms with Crippen LogP contribution in [0.3, 0.4) is 0 Å². The molecule has 102 valence electrons. The number of methoxy groups -OCH3 is 1. The zero-order valence-electron chi connectivity index (χ0n) is 10.4. The van der Waals surface area contributed by atoms with Gasteiger partial charge in [0.1, 0.15) is 11.9 Å². The molecule has 2 rings (SSSR count). The van der Waals surface area contributed by atoms with Gasteiger partial charge in [0, 0.05) is 25.8 Å². The summed E-state index contributed by atoms with van der Waals surface area (Å²) in [6.45, 7) is 1.48. The van der Waals surface area contributed by atoms with E-state index in [0.29, 0.717) is 25.5 Å². The molecule has 0 saturated carbocycles. The topological polar surface area (TPSA) is 105 Å². The Labute approximate surface area is 109 Å². The lowest BCUT2D eigenvalue weighted by atomic mass is 10.2. The molecule has 1 aliphatic rings. The van der Waals surface area contributed by atoms with Crippen LogP contribution in [0.15, 0.2) is 12.3 Å². The highest BCUT2D eigenvalue weighted by Gasteiger charge is 2.29. The highest BCUT2D eigenvalue weighted by molar-refractivity contribution is 5.85. The average Bonchev–Trinajstić information content (AvgIpc) is 2.46. The number of hydrogen-bond donors (Lipinski definition) is 2. The summed E-state index contributed by atoms with van der Waals surface area (Å²) in [4.78, 5) is 32.0. The first kappa shape index (κ1) is 13.2. The van der Waals surface area contributed by atoms with Gasteiger partial charge in [-0.15, -0.1) is 0 Å². The number of carbonyl (C=O) groups is 2. The zero-order chi connectivity index (χ0) is 13.8. The Morgan fingerprint density at radius 2 is 2.37 bits per heavy atom.